The first-order chi connectivity index (χ1) is 9.61. The highest BCUT2D eigenvalue weighted by atomic mass is 35.5. The number of nitrogens with one attached hydrogen (secondary N) is 1. The molecular weight excluding hydrogens is 272 g/mol. The molecule has 0 aliphatic carbocycles. The summed E-state index contributed by atoms with van der Waals surface area (Å²) in [5, 5.41) is 3.52. The molecular formula is C16H17ClN2O. The fourth-order valence-corrected chi connectivity index (χ4v) is 2.26. The predicted octanol–water partition coefficient (Wildman–Crippen LogP) is 3.80. The minimum Gasteiger partial charge on any atom is -0.398 e. The molecule has 1 unspecified atom stereocenters. The van der Waals surface area contributed by atoms with Crippen LogP contribution in [-0.4, -0.2) is 5.91 Å². The van der Waals surface area contributed by atoms with E-state index in [0.717, 1.165) is 12.0 Å². The van der Waals surface area contributed by atoms with Crippen molar-refractivity contribution in [2.24, 2.45) is 0 Å². The Morgan fingerprint density at radius 3 is 2.55 bits per heavy atom. The molecule has 0 heterocycles. The Bertz CT molecular complexity index is 599. The molecule has 0 saturated heterocycles. The van der Waals surface area contributed by atoms with E-state index in [4.69, 9.17) is 17.3 Å². The molecule has 0 aliphatic rings. The van der Waals surface area contributed by atoms with Crippen LogP contribution in [0.25, 0.3) is 0 Å². The van der Waals surface area contributed by atoms with Crippen molar-refractivity contribution in [3.05, 3.63) is 64.7 Å². The van der Waals surface area contributed by atoms with Gasteiger partial charge in [-0.3, -0.25) is 4.79 Å². The average Bonchev–Trinajstić information content (AvgIpc) is 2.45. The Labute approximate surface area is 123 Å². The highest BCUT2D eigenvalue weighted by Gasteiger charge is 2.15. The Hall–Kier alpha value is -2.00. The Balaban J connectivity index is 2.17. The third-order valence-electron chi connectivity index (χ3n) is 3.17. The van der Waals surface area contributed by atoms with Crippen LogP contribution in [0.3, 0.4) is 0 Å². The summed E-state index contributed by atoms with van der Waals surface area (Å²) < 4.78 is 0. The molecule has 4 heteroatoms. The van der Waals surface area contributed by atoms with E-state index in [2.05, 4.69) is 5.32 Å². The topological polar surface area (TPSA) is 55.1 Å². The molecule has 3 nitrogen and oxygen atoms in total. The van der Waals surface area contributed by atoms with E-state index in [0.29, 0.717) is 16.3 Å². The van der Waals surface area contributed by atoms with Gasteiger partial charge in [0.05, 0.1) is 11.6 Å². The van der Waals surface area contributed by atoms with Gasteiger partial charge in [0.1, 0.15) is 0 Å². The molecule has 2 rings (SSSR count). The van der Waals surface area contributed by atoms with Crippen molar-refractivity contribution in [3.63, 3.8) is 0 Å². The molecule has 0 saturated carbocycles. The smallest absolute Gasteiger partial charge is 0.253 e. The van der Waals surface area contributed by atoms with E-state index < -0.39 is 0 Å². The van der Waals surface area contributed by atoms with Gasteiger partial charge in [-0.2, -0.15) is 0 Å². The molecule has 1 amide bonds. The number of carbonyl (C=O) groups is 1. The van der Waals surface area contributed by atoms with Crippen LogP contribution in [0.4, 0.5) is 5.69 Å². The van der Waals surface area contributed by atoms with Crippen molar-refractivity contribution < 1.29 is 4.79 Å². The van der Waals surface area contributed by atoms with Crippen LogP contribution in [-0.2, 0) is 0 Å². The van der Waals surface area contributed by atoms with Crippen molar-refractivity contribution in [1.82, 2.24) is 5.32 Å². The van der Waals surface area contributed by atoms with Gasteiger partial charge in [-0.25, -0.2) is 0 Å². The lowest BCUT2D eigenvalue weighted by Gasteiger charge is -2.18. The maximum Gasteiger partial charge on any atom is 0.253 e. The van der Waals surface area contributed by atoms with E-state index in [1.165, 1.54) is 0 Å². The maximum atomic E-state index is 12.3. The maximum absolute atomic E-state index is 12.3. The van der Waals surface area contributed by atoms with Gasteiger partial charge in [-0.15, -0.1) is 0 Å². The predicted molar refractivity (Wildman–Crippen MR) is 82.8 cm³/mol. The lowest BCUT2D eigenvalue weighted by molar-refractivity contribution is 0.0936. The summed E-state index contributed by atoms with van der Waals surface area (Å²) in [6, 6.07) is 14.7. The van der Waals surface area contributed by atoms with Crippen LogP contribution < -0.4 is 11.1 Å². The molecule has 0 aliphatic heterocycles. The van der Waals surface area contributed by atoms with Gasteiger partial charge in [0, 0.05) is 10.7 Å². The molecule has 1 atom stereocenters. The largest absolute Gasteiger partial charge is 0.398 e. The van der Waals surface area contributed by atoms with Gasteiger partial charge in [-0.05, 0) is 30.2 Å². The molecule has 0 spiro atoms. The van der Waals surface area contributed by atoms with E-state index in [1.54, 1.807) is 18.2 Å². The van der Waals surface area contributed by atoms with Crippen molar-refractivity contribution in [1.29, 1.82) is 0 Å². The zero-order valence-corrected chi connectivity index (χ0v) is 12.0. The van der Waals surface area contributed by atoms with E-state index in [-0.39, 0.29) is 11.9 Å². The van der Waals surface area contributed by atoms with Crippen molar-refractivity contribution in [2.75, 3.05) is 5.73 Å². The quantitative estimate of drug-likeness (QED) is 0.841. The summed E-state index contributed by atoms with van der Waals surface area (Å²) in [5.74, 6) is -0.185. The molecule has 0 bridgehead atoms. The summed E-state index contributed by atoms with van der Waals surface area (Å²) in [6.07, 6.45) is 0.809. The summed E-state index contributed by atoms with van der Waals surface area (Å²) in [4.78, 5) is 12.3. The number of halogens is 1. The van der Waals surface area contributed by atoms with E-state index in [9.17, 15) is 4.79 Å². The molecule has 2 aromatic rings. The number of nitrogen functional groups attached to an aromatic ring is 1. The van der Waals surface area contributed by atoms with Gasteiger partial charge in [0.2, 0.25) is 0 Å². The Morgan fingerprint density at radius 2 is 1.95 bits per heavy atom. The zero-order valence-electron chi connectivity index (χ0n) is 11.3. The molecule has 20 heavy (non-hydrogen) atoms. The van der Waals surface area contributed by atoms with Crippen LogP contribution in [0.15, 0.2) is 48.5 Å². The third-order valence-corrected chi connectivity index (χ3v) is 3.41. The summed E-state index contributed by atoms with van der Waals surface area (Å²) in [6.45, 7) is 2.03. The van der Waals surface area contributed by atoms with E-state index >= 15 is 0 Å². The van der Waals surface area contributed by atoms with Crippen LogP contribution >= 0.6 is 11.6 Å². The molecule has 0 radical (unpaired) electrons. The zero-order chi connectivity index (χ0) is 14.5. The first kappa shape index (κ1) is 14.4. The second kappa shape index (κ2) is 6.44. The number of carbonyl (C=O) groups excluding carboxylic acids is 1. The second-order valence-electron chi connectivity index (χ2n) is 4.58. The first-order valence-corrected chi connectivity index (χ1v) is 6.90. The van der Waals surface area contributed by atoms with Crippen LogP contribution in [0.1, 0.15) is 35.3 Å². The lowest BCUT2D eigenvalue weighted by Crippen LogP contribution is -2.28. The fraction of sp³-hybridized carbons (Fsp3) is 0.188. The van der Waals surface area contributed by atoms with Crippen molar-refractivity contribution in [3.8, 4) is 0 Å². The van der Waals surface area contributed by atoms with Crippen LogP contribution in [0.2, 0.25) is 5.02 Å². The number of benzene rings is 2. The minimum absolute atomic E-state index is 0.0289. The molecule has 3 N–H and O–H groups in total. The lowest BCUT2D eigenvalue weighted by atomic mass is 10.0. The second-order valence-corrected chi connectivity index (χ2v) is 5.01. The van der Waals surface area contributed by atoms with Gasteiger partial charge >= 0.3 is 0 Å². The normalized spacial score (nSPS) is 11.9. The highest BCUT2D eigenvalue weighted by Crippen LogP contribution is 2.21. The number of amides is 1. The fourth-order valence-electron chi connectivity index (χ4n) is 2.08. The van der Waals surface area contributed by atoms with Crippen molar-refractivity contribution >= 4 is 23.2 Å². The average molecular weight is 289 g/mol. The SMILES string of the molecule is CCC(NC(=O)c1ccc(Cl)cc1N)c1ccccc1. The Kier molecular flexibility index (Phi) is 4.64. The van der Waals surface area contributed by atoms with Gasteiger partial charge in [0.25, 0.3) is 5.91 Å². The first-order valence-electron chi connectivity index (χ1n) is 6.52. The number of hydrogen-bond acceptors (Lipinski definition) is 2. The number of hydrogen-bond donors (Lipinski definition) is 2. The van der Waals surface area contributed by atoms with Gasteiger partial charge in [0.15, 0.2) is 0 Å². The van der Waals surface area contributed by atoms with Gasteiger partial charge < -0.3 is 11.1 Å². The third kappa shape index (κ3) is 3.31. The monoisotopic (exact) mass is 288 g/mol. The van der Waals surface area contributed by atoms with Crippen molar-refractivity contribution in [2.45, 2.75) is 19.4 Å². The number of nitrogens with two attached hydrogens (primary N) is 1. The highest BCUT2D eigenvalue weighted by molar-refractivity contribution is 6.31. The minimum atomic E-state index is -0.185. The summed E-state index contributed by atoms with van der Waals surface area (Å²) in [7, 11) is 0. The van der Waals surface area contributed by atoms with Crippen LogP contribution in [0.5, 0.6) is 0 Å². The summed E-state index contributed by atoms with van der Waals surface area (Å²) in [5.41, 5.74) is 7.75. The molecule has 0 aromatic heterocycles. The standard InChI is InChI=1S/C16H17ClN2O/c1-2-15(11-6-4-3-5-7-11)19-16(20)13-9-8-12(17)10-14(13)18/h3-10,15H,2,18H2,1H3,(H,19,20). The number of rotatable bonds is 4. The van der Waals surface area contributed by atoms with E-state index in [1.807, 2.05) is 37.3 Å². The Morgan fingerprint density at radius 1 is 1.25 bits per heavy atom. The molecule has 2 aromatic carbocycles. The van der Waals surface area contributed by atoms with Crippen LogP contribution in [0, 0.1) is 0 Å². The molecule has 0 fully saturated rings. The molecule has 104 valence electrons. The number of anilines is 1. The van der Waals surface area contributed by atoms with Gasteiger partial charge in [-0.1, -0.05) is 48.9 Å². The summed E-state index contributed by atoms with van der Waals surface area (Å²) >= 11 is 5.84.